The molecule has 4 heteroatoms. The van der Waals surface area contributed by atoms with E-state index in [0.717, 1.165) is 5.56 Å². The van der Waals surface area contributed by atoms with Gasteiger partial charge in [0.05, 0.1) is 12.1 Å². The number of amides is 1. The van der Waals surface area contributed by atoms with Gasteiger partial charge in [-0.2, -0.15) is 0 Å². The molecule has 0 bridgehead atoms. The molecule has 0 unspecified atom stereocenters. The van der Waals surface area contributed by atoms with Crippen LogP contribution in [-0.4, -0.2) is 28.9 Å². The molecule has 4 nitrogen and oxygen atoms in total. The third kappa shape index (κ3) is 5.22. The number of ketones is 1. The number of Topliss-reactive ketones (excluding diaryl/α,β-unsaturated/α-hetero) is 1. The summed E-state index contributed by atoms with van der Waals surface area (Å²) < 4.78 is 0. The molecule has 0 fully saturated rings. The number of benzene rings is 1. The van der Waals surface area contributed by atoms with Gasteiger partial charge in [-0.05, 0) is 20.8 Å². The van der Waals surface area contributed by atoms with Gasteiger partial charge in [-0.1, -0.05) is 29.8 Å². The van der Waals surface area contributed by atoms with Crippen molar-refractivity contribution >= 4 is 11.7 Å². The highest BCUT2D eigenvalue weighted by Gasteiger charge is 2.19. The highest BCUT2D eigenvalue weighted by atomic mass is 16.3. The number of carbonyl (C=O) groups excluding carboxylic acids is 2. The van der Waals surface area contributed by atoms with Gasteiger partial charge >= 0.3 is 0 Å². The van der Waals surface area contributed by atoms with Gasteiger partial charge in [-0.15, -0.1) is 0 Å². The number of hydrogen-bond acceptors (Lipinski definition) is 3. The fourth-order valence-electron chi connectivity index (χ4n) is 1.59. The van der Waals surface area contributed by atoms with Crippen molar-refractivity contribution in [3.8, 4) is 0 Å². The molecule has 0 aromatic heterocycles. The zero-order valence-electron chi connectivity index (χ0n) is 11.7. The molecular weight excluding hydrogens is 242 g/mol. The molecule has 1 aromatic carbocycles. The third-order valence-corrected chi connectivity index (χ3v) is 2.83. The Bertz CT molecular complexity index is 449. The second-order valence-electron chi connectivity index (χ2n) is 5.38. The van der Waals surface area contributed by atoms with E-state index >= 15 is 0 Å². The first-order chi connectivity index (χ1) is 8.84. The summed E-state index contributed by atoms with van der Waals surface area (Å²) in [6.07, 6.45) is 0.312. The van der Waals surface area contributed by atoms with Crippen molar-refractivity contribution in [1.82, 2.24) is 5.32 Å². The Hall–Kier alpha value is -1.68. The molecule has 2 N–H and O–H groups in total. The van der Waals surface area contributed by atoms with Gasteiger partial charge in [0.1, 0.15) is 0 Å². The SMILES string of the molecule is Cc1ccc(C(=O)CCC(=O)NC(C)(C)CO)cc1. The summed E-state index contributed by atoms with van der Waals surface area (Å²) in [7, 11) is 0. The minimum Gasteiger partial charge on any atom is -0.394 e. The van der Waals surface area contributed by atoms with Crippen molar-refractivity contribution in [3.63, 3.8) is 0 Å². The number of aliphatic hydroxyl groups is 1. The lowest BCUT2D eigenvalue weighted by molar-refractivity contribution is -0.123. The Morgan fingerprint density at radius 1 is 1.16 bits per heavy atom. The largest absolute Gasteiger partial charge is 0.394 e. The van der Waals surface area contributed by atoms with E-state index in [-0.39, 0.29) is 31.1 Å². The van der Waals surface area contributed by atoms with E-state index in [2.05, 4.69) is 5.32 Å². The molecule has 0 aliphatic carbocycles. The number of aliphatic hydroxyl groups excluding tert-OH is 1. The Balaban J connectivity index is 2.46. The molecule has 0 radical (unpaired) electrons. The second-order valence-corrected chi connectivity index (χ2v) is 5.38. The molecule has 0 spiro atoms. The maximum absolute atomic E-state index is 11.9. The van der Waals surface area contributed by atoms with Crippen molar-refractivity contribution in [2.75, 3.05) is 6.61 Å². The molecule has 0 aliphatic rings. The molecule has 1 amide bonds. The molecule has 1 rings (SSSR count). The number of rotatable bonds is 6. The smallest absolute Gasteiger partial charge is 0.220 e. The second kappa shape index (κ2) is 6.48. The van der Waals surface area contributed by atoms with E-state index in [4.69, 9.17) is 5.11 Å². The van der Waals surface area contributed by atoms with Crippen LogP contribution < -0.4 is 5.32 Å². The number of carbonyl (C=O) groups is 2. The van der Waals surface area contributed by atoms with Crippen LogP contribution in [0.25, 0.3) is 0 Å². The van der Waals surface area contributed by atoms with Crippen LogP contribution in [0.5, 0.6) is 0 Å². The molecule has 0 atom stereocenters. The lowest BCUT2D eigenvalue weighted by Gasteiger charge is -2.23. The van der Waals surface area contributed by atoms with Gasteiger partial charge in [0.2, 0.25) is 5.91 Å². The first-order valence-corrected chi connectivity index (χ1v) is 6.36. The standard InChI is InChI=1S/C15H21NO3/c1-11-4-6-12(7-5-11)13(18)8-9-14(19)16-15(2,3)10-17/h4-7,17H,8-10H2,1-3H3,(H,16,19). The Labute approximate surface area is 113 Å². The maximum Gasteiger partial charge on any atom is 0.220 e. The molecular formula is C15H21NO3. The minimum absolute atomic E-state index is 0.0445. The first kappa shape index (κ1) is 15.4. The highest BCUT2D eigenvalue weighted by Crippen LogP contribution is 2.08. The van der Waals surface area contributed by atoms with Crippen LogP contribution in [-0.2, 0) is 4.79 Å². The van der Waals surface area contributed by atoms with E-state index < -0.39 is 5.54 Å². The molecule has 104 valence electrons. The topological polar surface area (TPSA) is 66.4 Å². The highest BCUT2D eigenvalue weighted by molar-refractivity contribution is 5.98. The third-order valence-electron chi connectivity index (χ3n) is 2.83. The molecule has 1 aromatic rings. The quantitative estimate of drug-likeness (QED) is 0.770. The lowest BCUT2D eigenvalue weighted by atomic mass is 10.0. The molecule has 0 saturated heterocycles. The number of hydrogen-bond donors (Lipinski definition) is 2. The van der Waals surface area contributed by atoms with Gasteiger partial charge < -0.3 is 10.4 Å². The maximum atomic E-state index is 11.9. The predicted molar refractivity (Wildman–Crippen MR) is 74.1 cm³/mol. The first-order valence-electron chi connectivity index (χ1n) is 6.36. The van der Waals surface area contributed by atoms with Crippen LogP contribution in [0.15, 0.2) is 24.3 Å². The van der Waals surface area contributed by atoms with E-state index in [1.807, 2.05) is 19.1 Å². The Morgan fingerprint density at radius 2 is 1.74 bits per heavy atom. The molecule has 0 heterocycles. The zero-order chi connectivity index (χ0) is 14.5. The fourth-order valence-corrected chi connectivity index (χ4v) is 1.59. The van der Waals surface area contributed by atoms with Gasteiger partial charge in [0, 0.05) is 18.4 Å². The van der Waals surface area contributed by atoms with Crippen LogP contribution in [0, 0.1) is 6.92 Å². The lowest BCUT2D eigenvalue weighted by Crippen LogP contribution is -2.46. The van der Waals surface area contributed by atoms with Crippen LogP contribution in [0.2, 0.25) is 0 Å². The predicted octanol–water partition coefficient (Wildman–Crippen LogP) is 1.85. The van der Waals surface area contributed by atoms with Crippen LogP contribution in [0.3, 0.4) is 0 Å². The summed E-state index contributed by atoms with van der Waals surface area (Å²) in [4.78, 5) is 23.5. The zero-order valence-corrected chi connectivity index (χ0v) is 11.7. The molecule has 0 saturated carbocycles. The summed E-state index contributed by atoms with van der Waals surface area (Å²) in [5, 5.41) is 11.7. The van der Waals surface area contributed by atoms with Crippen molar-refractivity contribution < 1.29 is 14.7 Å². The van der Waals surface area contributed by atoms with Crippen LogP contribution >= 0.6 is 0 Å². The summed E-state index contributed by atoms with van der Waals surface area (Å²) in [6, 6.07) is 7.30. The summed E-state index contributed by atoms with van der Waals surface area (Å²) in [5.41, 5.74) is 1.07. The minimum atomic E-state index is -0.649. The van der Waals surface area contributed by atoms with Crippen molar-refractivity contribution in [3.05, 3.63) is 35.4 Å². The molecule has 0 aliphatic heterocycles. The van der Waals surface area contributed by atoms with Crippen molar-refractivity contribution in [2.45, 2.75) is 39.2 Å². The van der Waals surface area contributed by atoms with Gasteiger partial charge in [0.15, 0.2) is 5.78 Å². The summed E-state index contributed by atoms with van der Waals surface area (Å²) >= 11 is 0. The Kier molecular flexibility index (Phi) is 5.24. The van der Waals surface area contributed by atoms with Gasteiger partial charge in [-0.25, -0.2) is 0 Å². The average molecular weight is 263 g/mol. The Morgan fingerprint density at radius 3 is 2.26 bits per heavy atom. The van der Waals surface area contributed by atoms with Crippen LogP contribution in [0.4, 0.5) is 0 Å². The van der Waals surface area contributed by atoms with E-state index in [0.29, 0.717) is 5.56 Å². The van der Waals surface area contributed by atoms with Gasteiger partial charge in [-0.3, -0.25) is 9.59 Å². The van der Waals surface area contributed by atoms with E-state index in [1.54, 1.807) is 26.0 Å². The van der Waals surface area contributed by atoms with Crippen molar-refractivity contribution in [2.24, 2.45) is 0 Å². The average Bonchev–Trinajstić information content (AvgIpc) is 2.36. The monoisotopic (exact) mass is 263 g/mol. The fraction of sp³-hybridized carbons (Fsp3) is 0.467. The number of aryl methyl sites for hydroxylation is 1. The number of nitrogens with one attached hydrogen (secondary N) is 1. The van der Waals surface area contributed by atoms with Crippen LogP contribution in [0.1, 0.15) is 42.6 Å². The van der Waals surface area contributed by atoms with E-state index in [1.165, 1.54) is 0 Å². The molecule has 19 heavy (non-hydrogen) atoms. The van der Waals surface area contributed by atoms with E-state index in [9.17, 15) is 9.59 Å². The van der Waals surface area contributed by atoms with Crippen molar-refractivity contribution in [1.29, 1.82) is 0 Å². The summed E-state index contributed by atoms with van der Waals surface area (Å²) in [5.74, 6) is -0.267. The normalized spacial score (nSPS) is 11.2. The summed E-state index contributed by atoms with van der Waals surface area (Å²) in [6.45, 7) is 5.28. The van der Waals surface area contributed by atoms with Gasteiger partial charge in [0.25, 0.3) is 0 Å².